The Morgan fingerprint density at radius 2 is 1.56 bits per heavy atom. The molecule has 162 valence electrons. The second-order valence-corrected chi connectivity index (χ2v) is 7.69. The zero-order valence-electron chi connectivity index (χ0n) is 17.3. The predicted octanol–water partition coefficient (Wildman–Crippen LogP) is 5.50. The van der Waals surface area contributed by atoms with E-state index >= 15 is 0 Å². The minimum Gasteiger partial charge on any atom is -0.457 e. The summed E-state index contributed by atoms with van der Waals surface area (Å²) in [6, 6.07) is 22.6. The molecule has 32 heavy (non-hydrogen) atoms. The van der Waals surface area contributed by atoms with Gasteiger partial charge >= 0.3 is 12.0 Å². The van der Waals surface area contributed by atoms with Gasteiger partial charge in [0.2, 0.25) is 0 Å². The van der Waals surface area contributed by atoms with Crippen molar-refractivity contribution < 1.29 is 19.1 Å². The molecule has 1 aliphatic rings. The molecule has 0 bridgehead atoms. The summed E-state index contributed by atoms with van der Waals surface area (Å²) >= 11 is 5.90. The first-order chi connectivity index (χ1) is 15.5. The van der Waals surface area contributed by atoms with E-state index in [4.69, 9.17) is 21.1 Å². The number of allylic oxidation sites excluding steroid dienone is 1. The van der Waals surface area contributed by atoms with Crippen LogP contribution in [0.3, 0.4) is 0 Å². The zero-order valence-corrected chi connectivity index (χ0v) is 18.1. The van der Waals surface area contributed by atoms with Crippen LogP contribution in [0.15, 0.2) is 90.1 Å². The monoisotopic (exact) mass is 448 g/mol. The first-order valence-electron chi connectivity index (χ1n) is 10.0. The standard InChI is InChI=1S/C25H21ClN2O4/c1-16-22(24(29)31-15-17-5-3-2-4-6-17)23(28-25(30)27-16)18-7-11-20(12-8-18)32-21-13-9-19(26)10-14-21/h2-14,23H,15H2,1H3,(H2,27,28,30). The molecule has 3 aromatic carbocycles. The zero-order chi connectivity index (χ0) is 22.5. The minimum atomic E-state index is -0.642. The van der Waals surface area contributed by atoms with E-state index in [1.165, 1.54) is 0 Å². The van der Waals surface area contributed by atoms with Crippen LogP contribution in [-0.2, 0) is 16.1 Å². The molecule has 4 rings (SSSR count). The Morgan fingerprint density at radius 3 is 2.22 bits per heavy atom. The number of esters is 1. The summed E-state index contributed by atoms with van der Waals surface area (Å²) in [6.07, 6.45) is 0. The molecular formula is C25H21ClN2O4. The Bertz CT molecular complexity index is 1140. The van der Waals surface area contributed by atoms with Gasteiger partial charge in [-0.2, -0.15) is 0 Å². The number of amides is 2. The van der Waals surface area contributed by atoms with Crippen LogP contribution in [0.2, 0.25) is 5.02 Å². The number of hydrogen-bond donors (Lipinski definition) is 2. The number of ether oxygens (including phenoxy) is 2. The van der Waals surface area contributed by atoms with Gasteiger partial charge in [0.1, 0.15) is 18.1 Å². The summed E-state index contributed by atoms with van der Waals surface area (Å²) < 4.78 is 11.3. The Kier molecular flexibility index (Phi) is 6.42. The van der Waals surface area contributed by atoms with E-state index in [1.54, 1.807) is 55.5 Å². The van der Waals surface area contributed by atoms with Crippen molar-refractivity contribution in [3.63, 3.8) is 0 Å². The predicted molar refractivity (Wildman–Crippen MR) is 121 cm³/mol. The van der Waals surface area contributed by atoms with Crippen molar-refractivity contribution in [1.29, 1.82) is 0 Å². The van der Waals surface area contributed by atoms with Gasteiger partial charge in [0.05, 0.1) is 11.6 Å². The lowest BCUT2D eigenvalue weighted by Gasteiger charge is -2.28. The number of halogens is 1. The third-order valence-corrected chi connectivity index (χ3v) is 5.22. The van der Waals surface area contributed by atoms with Gasteiger partial charge in [-0.3, -0.25) is 0 Å². The van der Waals surface area contributed by atoms with E-state index in [-0.39, 0.29) is 12.6 Å². The maximum Gasteiger partial charge on any atom is 0.338 e. The quantitative estimate of drug-likeness (QED) is 0.488. The van der Waals surface area contributed by atoms with Gasteiger partial charge in [-0.15, -0.1) is 0 Å². The molecule has 2 amide bonds. The first kappa shape index (κ1) is 21.5. The molecule has 0 saturated heterocycles. The van der Waals surface area contributed by atoms with Crippen molar-refractivity contribution in [2.45, 2.75) is 19.6 Å². The van der Waals surface area contributed by atoms with E-state index in [0.717, 1.165) is 11.1 Å². The molecule has 0 fully saturated rings. The Hall–Kier alpha value is -3.77. The number of carbonyl (C=O) groups excluding carboxylic acids is 2. The van der Waals surface area contributed by atoms with Crippen LogP contribution in [0.1, 0.15) is 24.1 Å². The smallest absolute Gasteiger partial charge is 0.338 e. The van der Waals surface area contributed by atoms with Crippen molar-refractivity contribution in [3.05, 3.63) is 106 Å². The van der Waals surface area contributed by atoms with E-state index < -0.39 is 12.0 Å². The van der Waals surface area contributed by atoms with Crippen molar-refractivity contribution in [1.82, 2.24) is 10.6 Å². The average molecular weight is 449 g/mol. The normalized spacial score (nSPS) is 15.6. The number of carbonyl (C=O) groups is 2. The highest BCUT2D eigenvalue weighted by Gasteiger charge is 2.32. The maximum absolute atomic E-state index is 12.9. The molecule has 1 heterocycles. The largest absolute Gasteiger partial charge is 0.457 e. The van der Waals surface area contributed by atoms with Gasteiger partial charge in [-0.05, 0) is 54.4 Å². The number of urea groups is 1. The molecule has 1 aliphatic heterocycles. The van der Waals surface area contributed by atoms with Gasteiger partial charge in [0.25, 0.3) is 0 Å². The summed E-state index contributed by atoms with van der Waals surface area (Å²) in [5, 5.41) is 6.08. The van der Waals surface area contributed by atoms with Crippen molar-refractivity contribution in [2.24, 2.45) is 0 Å². The van der Waals surface area contributed by atoms with E-state index in [1.807, 2.05) is 30.3 Å². The highest BCUT2D eigenvalue weighted by molar-refractivity contribution is 6.30. The van der Waals surface area contributed by atoms with E-state index in [0.29, 0.717) is 27.8 Å². The number of hydrogen-bond acceptors (Lipinski definition) is 4. The third-order valence-electron chi connectivity index (χ3n) is 4.96. The van der Waals surface area contributed by atoms with Crippen LogP contribution in [-0.4, -0.2) is 12.0 Å². The molecule has 0 saturated carbocycles. The second kappa shape index (κ2) is 9.58. The van der Waals surface area contributed by atoms with Crippen LogP contribution in [0, 0.1) is 0 Å². The molecule has 7 heteroatoms. The fourth-order valence-electron chi connectivity index (χ4n) is 3.38. The molecule has 0 radical (unpaired) electrons. The average Bonchev–Trinajstić information content (AvgIpc) is 2.80. The lowest BCUT2D eigenvalue weighted by Crippen LogP contribution is -2.45. The van der Waals surface area contributed by atoms with Gasteiger partial charge in [-0.1, -0.05) is 54.1 Å². The lowest BCUT2D eigenvalue weighted by molar-refractivity contribution is -0.140. The van der Waals surface area contributed by atoms with Crippen molar-refractivity contribution in [2.75, 3.05) is 0 Å². The fraction of sp³-hybridized carbons (Fsp3) is 0.120. The summed E-state index contributed by atoms with van der Waals surface area (Å²) in [5.74, 6) is 0.772. The van der Waals surface area contributed by atoms with Gasteiger partial charge in [0.15, 0.2) is 0 Å². The van der Waals surface area contributed by atoms with Crippen LogP contribution in [0.4, 0.5) is 4.79 Å². The summed E-state index contributed by atoms with van der Waals surface area (Å²) in [6.45, 7) is 1.83. The van der Waals surface area contributed by atoms with Gasteiger partial charge in [0, 0.05) is 10.7 Å². The molecule has 0 aliphatic carbocycles. The van der Waals surface area contributed by atoms with E-state index in [2.05, 4.69) is 10.6 Å². The minimum absolute atomic E-state index is 0.144. The SMILES string of the molecule is CC1=C(C(=O)OCc2ccccc2)C(c2ccc(Oc3ccc(Cl)cc3)cc2)NC(=O)N1. The molecule has 1 unspecified atom stereocenters. The highest BCUT2D eigenvalue weighted by Crippen LogP contribution is 2.30. The Balaban J connectivity index is 1.52. The molecule has 3 aromatic rings. The molecule has 6 nitrogen and oxygen atoms in total. The molecule has 1 atom stereocenters. The summed E-state index contributed by atoms with van der Waals surface area (Å²) in [5.41, 5.74) is 2.42. The number of nitrogens with one attached hydrogen (secondary N) is 2. The van der Waals surface area contributed by atoms with Crippen LogP contribution in [0.5, 0.6) is 11.5 Å². The molecule has 0 spiro atoms. The van der Waals surface area contributed by atoms with Gasteiger partial charge in [-0.25, -0.2) is 9.59 Å². The highest BCUT2D eigenvalue weighted by atomic mass is 35.5. The summed E-state index contributed by atoms with van der Waals surface area (Å²) in [7, 11) is 0. The van der Waals surface area contributed by atoms with Crippen molar-refractivity contribution in [3.8, 4) is 11.5 Å². The maximum atomic E-state index is 12.9. The molecule has 0 aromatic heterocycles. The number of rotatable bonds is 6. The third kappa shape index (κ3) is 5.10. The fourth-order valence-corrected chi connectivity index (χ4v) is 3.51. The van der Waals surface area contributed by atoms with Crippen LogP contribution in [0.25, 0.3) is 0 Å². The topological polar surface area (TPSA) is 76.7 Å². The van der Waals surface area contributed by atoms with Crippen LogP contribution >= 0.6 is 11.6 Å². The Morgan fingerprint density at radius 1 is 0.938 bits per heavy atom. The van der Waals surface area contributed by atoms with Crippen LogP contribution < -0.4 is 15.4 Å². The first-order valence-corrected chi connectivity index (χ1v) is 10.4. The second-order valence-electron chi connectivity index (χ2n) is 7.26. The molecule has 2 N–H and O–H groups in total. The van der Waals surface area contributed by atoms with Gasteiger partial charge < -0.3 is 20.1 Å². The Labute approximate surface area is 190 Å². The lowest BCUT2D eigenvalue weighted by atomic mass is 9.95. The van der Waals surface area contributed by atoms with E-state index in [9.17, 15) is 9.59 Å². The van der Waals surface area contributed by atoms with Crippen molar-refractivity contribution >= 4 is 23.6 Å². The summed E-state index contributed by atoms with van der Waals surface area (Å²) in [4.78, 5) is 25.0. The number of benzene rings is 3. The molecular weight excluding hydrogens is 428 g/mol.